The number of rotatable bonds is 9. The Bertz CT molecular complexity index is 1620. The normalized spacial score (nSPS) is 10.7. The Morgan fingerprint density at radius 3 is 2.61 bits per heavy atom. The molecule has 2 aromatic heterocycles. The molecule has 1 amide bonds. The Kier molecular flexibility index (Phi) is 7.44. The van der Waals surface area contributed by atoms with Crippen LogP contribution in [0.2, 0.25) is 0 Å². The molecule has 0 fully saturated rings. The number of pyridine rings is 1. The van der Waals surface area contributed by atoms with Gasteiger partial charge in [0.15, 0.2) is 0 Å². The number of benzene rings is 3. The zero-order chi connectivity index (χ0) is 26.3. The fourth-order valence-corrected chi connectivity index (χ4v) is 4.40. The summed E-state index contributed by atoms with van der Waals surface area (Å²) >= 11 is 0. The van der Waals surface area contributed by atoms with Gasteiger partial charge >= 0.3 is 0 Å². The standard InChI is InChI=1S/C31H27N5O2/c32-18-26-19-33-20-28(30(26)36-27-10-11-29-25(17-27)12-14-34-29)24-5-3-4-23(16-24)21-6-8-22(9-7-21)31(38)35-13-1-2-15-37/h3-12,14,16-17,19-20,34,37H,1-2,13,15H2,(H,33,36)(H,35,38). The van der Waals surface area contributed by atoms with Crippen molar-refractivity contribution in [2.24, 2.45) is 0 Å². The number of nitrogens with zero attached hydrogens (tertiary/aromatic N) is 2. The largest absolute Gasteiger partial charge is 0.396 e. The average molecular weight is 502 g/mol. The first-order valence-electron chi connectivity index (χ1n) is 12.5. The molecule has 5 aromatic rings. The maximum absolute atomic E-state index is 12.4. The molecule has 4 N–H and O–H groups in total. The van der Waals surface area contributed by atoms with E-state index in [0.717, 1.165) is 45.3 Å². The number of nitrogens with one attached hydrogen (secondary N) is 3. The van der Waals surface area contributed by atoms with Gasteiger partial charge in [-0.1, -0.05) is 30.3 Å². The van der Waals surface area contributed by atoms with Crippen molar-refractivity contribution in [3.05, 3.63) is 103 Å². The van der Waals surface area contributed by atoms with Gasteiger partial charge in [0, 0.05) is 59.5 Å². The zero-order valence-electron chi connectivity index (χ0n) is 20.7. The van der Waals surface area contributed by atoms with Crippen LogP contribution < -0.4 is 10.6 Å². The molecule has 188 valence electrons. The summed E-state index contributed by atoms with van der Waals surface area (Å²) in [5, 5.41) is 26.1. The lowest BCUT2D eigenvalue weighted by Crippen LogP contribution is -2.24. The fraction of sp³-hybridized carbons (Fsp3) is 0.129. The summed E-state index contributed by atoms with van der Waals surface area (Å²) in [4.78, 5) is 19.9. The van der Waals surface area contributed by atoms with Crippen LogP contribution in [-0.4, -0.2) is 34.1 Å². The van der Waals surface area contributed by atoms with E-state index in [2.05, 4.69) is 32.7 Å². The molecule has 7 heteroatoms. The van der Waals surface area contributed by atoms with Gasteiger partial charge in [0.2, 0.25) is 0 Å². The van der Waals surface area contributed by atoms with Crippen LogP contribution in [0.5, 0.6) is 0 Å². The van der Waals surface area contributed by atoms with E-state index in [-0.39, 0.29) is 12.5 Å². The Morgan fingerprint density at radius 2 is 1.79 bits per heavy atom. The molecular formula is C31H27N5O2. The van der Waals surface area contributed by atoms with Gasteiger partial charge in [-0.2, -0.15) is 5.26 Å². The summed E-state index contributed by atoms with van der Waals surface area (Å²) in [5.41, 5.74) is 7.36. The van der Waals surface area contributed by atoms with Crippen LogP contribution in [0.1, 0.15) is 28.8 Å². The van der Waals surface area contributed by atoms with Crippen LogP contribution in [0.4, 0.5) is 11.4 Å². The molecular weight excluding hydrogens is 474 g/mol. The number of hydrogen-bond donors (Lipinski definition) is 4. The third-order valence-electron chi connectivity index (χ3n) is 6.41. The van der Waals surface area contributed by atoms with Crippen molar-refractivity contribution in [1.29, 1.82) is 5.26 Å². The van der Waals surface area contributed by atoms with Gasteiger partial charge < -0.3 is 20.7 Å². The molecule has 0 spiro atoms. The Balaban J connectivity index is 1.42. The minimum atomic E-state index is -0.129. The number of anilines is 2. The van der Waals surface area contributed by atoms with E-state index in [0.29, 0.717) is 29.8 Å². The van der Waals surface area contributed by atoms with Crippen molar-refractivity contribution in [1.82, 2.24) is 15.3 Å². The highest BCUT2D eigenvalue weighted by molar-refractivity contribution is 5.95. The number of hydrogen-bond acceptors (Lipinski definition) is 5. The number of carbonyl (C=O) groups excluding carboxylic acids is 1. The Hall–Kier alpha value is -4.93. The second-order valence-electron chi connectivity index (χ2n) is 8.97. The second-order valence-corrected chi connectivity index (χ2v) is 8.97. The average Bonchev–Trinajstić information content (AvgIpc) is 3.43. The molecule has 0 radical (unpaired) electrons. The number of aromatic nitrogens is 2. The second kappa shape index (κ2) is 11.4. The first-order valence-corrected chi connectivity index (χ1v) is 12.5. The zero-order valence-corrected chi connectivity index (χ0v) is 20.7. The van der Waals surface area contributed by atoms with Crippen molar-refractivity contribution in [3.63, 3.8) is 0 Å². The summed E-state index contributed by atoms with van der Waals surface area (Å²) in [5.74, 6) is -0.129. The lowest BCUT2D eigenvalue weighted by atomic mass is 9.97. The maximum Gasteiger partial charge on any atom is 0.251 e. The SMILES string of the molecule is N#Cc1cncc(-c2cccc(-c3ccc(C(=O)NCCCCO)cc3)c2)c1Nc1ccc2[nH]ccc2c1. The van der Waals surface area contributed by atoms with Crippen molar-refractivity contribution < 1.29 is 9.90 Å². The topological polar surface area (TPSA) is 114 Å². The lowest BCUT2D eigenvalue weighted by molar-refractivity contribution is 0.0952. The molecule has 0 aliphatic heterocycles. The highest BCUT2D eigenvalue weighted by Crippen LogP contribution is 2.35. The Morgan fingerprint density at radius 1 is 0.947 bits per heavy atom. The number of amides is 1. The van der Waals surface area contributed by atoms with Crippen molar-refractivity contribution >= 4 is 28.2 Å². The summed E-state index contributed by atoms with van der Waals surface area (Å²) in [6, 6.07) is 25.8. The van der Waals surface area contributed by atoms with Crippen molar-refractivity contribution in [2.45, 2.75) is 12.8 Å². The summed E-state index contributed by atoms with van der Waals surface area (Å²) < 4.78 is 0. The molecule has 0 aliphatic carbocycles. The number of H-pyrrole nitrogens is 1. The predicted octanol–water partition coefficient (Wildman–Crippen LogP) is 6.01. The van der Waals surface area contributed by atoms with E-state index >= 15 is 0 Å². The number of aliphatic hydroxyl groups is 1. The first-order chi connectivity index (χ1) is 18.7. The molecule has 3 aromatic carbocycles. The molecule has 7 nitrogen and oxygen atoms in total. The van der Waals surface area contributed by atoms with Crippen LogP contribution in [0, 0.1) is 11.3 Å². The minimum Gasteiger partial charge on any atom is -0.396 e. The predicted molar refractivity (Wildman–Crippen MR) is 150 cm³/mol. The van der Waals surface area contributed by atoms with Crippen LogP contribution in [0.3, 0.4) is 0 Å². The number of nitriles is 1. The van der Waals surface area contributed by atoms with Crippen LogP contribution in [0.25, 0.3) is 33.2 Å². The van der Waals surface area contributed by atoms with E-state index in [1.165, 1.54) is 0 Å². The van der Waals surface area contributed by atoms with E-state index in [9.17, 15) is 10.1 Å². The van der Waals surface area contributed by atoms with Crippen LogP contribution in [0.15, 0.2) is 91.4 Å². The molecule has 38 heavy (non-hydrogen) atoms. The molecule has 0 bridgehead atoms. The summed E-state index contributed by atoms with van der Waals surface area (Å²) in [6.07, 6.45) is 6.64. The Labute approximate surface area is 220 Å². The maximum atomic E-state index is 12.4. The van der Waals surface area contributed by atoms with Gasteiger partial charge in [-0.15, -0.1) is 0 Å². The van der Waals surface area contributed by atoms with Gasteiger partial charge in [0.1, 0.15) is 6.07 Å². The first kappa shape index (κ1) is 24.8. The number of aliphatic hydroxyl groups excluding tert-OH is 1. The van der Waals surface area contributed by atoms with Gasteiger partial charge in [-0.05, 0) is 72.0 Å². The quantitative estimate of drug-likeness (QED) is 0.185. The molecule has 5 rings (SSSR count). The number of unbranched alkanes of at least 4 members (excludes halogenated alkanes) is 1. The third-order valence-corrected chi connectivity index (χ3v) is 6.41. The van der Waals surface area contributed by atoms with Crippen LogP contribution >= 0.6 is 0 Å². The fourth-order valence-electron chi connectivity index (χ4n) is 4.40. The van der Waals surface area contributed by atoms with E-state index < -0.39 is 0 Å². The third kappa shape index (κ3) is 5.41. The highest BCUT2D eigenvalue weighted by Gasteiger charge is 2.13. The number of carbonyl (C=O) groups is 1. The van der Waals surface area contributed by atoms with E-state index in [1.807, 2.05) is 72.9 Å². The van der Waals surface area contributed by atoms with E-state index in [4.69, 9.17) is 5.11 Å². The molecule has 0 aliphatic rings. The van der Waals surface area contributed by atoms with E-state index in [1.54, 1.807) is 12.4 Å². The summed E-state index contributed by atoms with van der Waals surface area (Å²) in [7, 11) is 0. The molecule has 2 heterocycles. The number of aromatic amines is 1. The lowest BCUT2D eigenvalue weighted by Gasteiger charge is -2.15. The van der Waals surface area contributed by atoms with Crippen LogP contribution in [-0.2, 0) is 0 Å². The molecule has 0 unspecified atom stereocenters. The summed E-state index contributed by atoms with van der Waals surface area (Å²) in [6.45, 7) is 0.662. The molecule has 0 saturated carbocycles. The minimum absolute atomic E-state index is 0.126. The highest BCUT2D eigenvalue weighted by atomic mass is 16.3. The van der Waals surface area contributed by atoms with Gasteiger partial charge in [0.05, 0.1) is 11.3 Å². The molecule has 0 atom stereocenters. The van der Waals surface area contributed by atoms with Crippen molar-refractivity contribution in [3.8, 4) is 28.3 Å². The van der Waals surface area contributed by atoms with Crippen molar-refractivity contribution in [2.75, 3.05) is 18.5 Å². The number of fused-ring (bicyclic) bond motifs is 1. The van der Waals surface area contributed by atoms with Gasteiger partial charge in [0.25, 0.3) is 5.91 Å². The molecule has 0 saturated heterocycles. The van der Waals surface area contributed by atoms with Gasteiger partial charge in [-0.3, -0.25) is 9.78 Å². The monoisotopic (exact) mass is 501 g/mol. The smallest absolute Gasteiger partial charge is 0.251 e. The van der Waals surface area contributed by atoms with Gasteiger partial charge in [-0.25, -0.2) is 0 Å².